The van der Waals surface area contributed by atoms with Crippen LogP contribution in [-0.2, 0) is 0 Å². The summed E-state index contributed by atoms with van der Waals surface area (Å²) in [6, 6.07) is 12.8. The fraction of sp³-hybridized carbons (Fsp3) is 0.263. The highest BCUT2D eigenvalue weighted by atomic mass is 19.1. The minimum atomic E-state index is -0.216. The Morgan fingerprint density at radius 3 is 2.35 bits per heavy atom. The monoisotopic (exact) mass is 307 g/mol. The lowest BCUT2D eigenvalue weighted by Crippen LogP contribution is -2.30. The highest BCUT2D eigenvalue weighted by Gasteiger charge is 2.15. The van der Waals surface area contributed by atoms with Crippen LogP contribution in [0.25, 0.3) is 22.0 Å². The van der Waals surface area contributed by atoms with Crippen LogP contribution in [-0.4, -0.2) is 23.1 Å². The molecular formula is C19H18FN3. The van der Waals surface area contributed by atoms with Gasteiger partial charge in [0, 0.05) is 18.5 Å². The molecule has 1 aliphatic heterocycles. The third-order valence-electron chi connectivity index (χ3n) is 4.45. The first kappa shape index (κ1) is 14.1. The number of benzene rings is 2. The van der Waals surface area contributed by atoms with Crippen LogP contribution in [0.5, 0.6) is 0 Å². The zero-order valence-corrected chi connectivity index (χ0v) is 12.9. The number of hydrogen-bond acceptors (Lipinski definition) is 3. The van der Waals surface area contributed by atoms with E-state index in [1.807, 2.05) is 12.1 Å². The van der Waals surface area contributed by atoms with Gasteiger partial charge in [-0.25, -0.2) is 14.4 Å². The molecule has 0 radical (unpaired) electrons. The normalized spacial score (nSPS) is 15.1. The molecular weight excluding hydrogens is 289 g/mol. The van der Waals surface area contributed by atoms with Gasteiger partial charge in [-0.05, 0) is 54.7 Å². The number of anilines is 1. The van der Waals surface area contributed by atoms with E-state index >= 15 is 0 Å². The Labute approximate surface area is 134 Å². The van der Waals surface area contributed by atoms with E-state index in [0.717, 1.165) is 40.9 Å². The quantitative estimate of drug-likeness (QED) is 0.701. The van der Waals surface area contributed by atoms with Crippen molar-refractivity contribution in [1.29, 1.82) is 0 Å². The van der Waals surface area contributed by atoms with Crippen molar-refractivity contribution in [2.45, 2.75) is 19.3 Å². The summed E-state index contributed by atoms with van der Waals surface area (Å²) in [5.74, 6) is 0.797. The van der Waals surface area contributed by atoms with Crippen LogP contribution < -0.4 is 4.90 Å². The summed E-state index contributed by atoms with van der Waals surface area (Å²) in [6.45, 7) is 2.10. The fourth-order valence-electron chi connectivity index (χ4n) is 3.22. The molecule has 116 valence electrons. The maximum absolute atomic E-state index is 13.1. The van der Waals surface area contributed by atoms with Crippen molar-refractivity contribution in [3.8, 4) is 11.1 Å². The topological polar surface area (TPSA) is 29.0 Å². The van der Waals surface area contributed by atoms with Crippen LogP contribution in [0.4, 0.5) is 10.2 Å². The number of rotatable bonds is 2. The smallest absolute Gasteiger partial charge is 0.139 e. The standard InChI is InChI=1S/C19H18FN3/c20-16-7-4-14(5-8-16)15-6-9-18-17(12-15)19(22-13-21-18)23-10-2-1-3-11-23/h4-9,12-13H,1-3,10-11H2. The van der Waals surface area contributed by atoms with Crippen LogP contribution >= 0.6 is 0 Å². The third-order valence-corrected chi connectivity index (χ3v) is 4.45. The predicted molar refractivity (Wildman–Crippen MR) is 91.0 cm³/mol. The van der Waals surface area contributed by atoms with Gasteiger partial charge in [0.1, 0.15) is 18.0 Å². The molecule has 2 heterocycles. The second-order valence-electron chi connectivity index (χ2n) is 5.98. The number of piperidine rings is 1. The maximum Gasteiger partial charge on any atom is 0.139 e. The first-order valence-corrected chi connectivity index (χ1v) is 8.07. The highest BCUT2D eigenvalue weighted by Crippen LogP contribution is 2.30. The molecule has 1 aromatic heterocycles. The van der Waals surface area contributed by atoms with Crippen LogP contribution in [0.15, 0.2) is 48.8 Å². The molecule has 1 fully saturated rings. The Kier molecular flexibility index (Phi) is 3.66. The summed E-state index contributed by atoms with van der Waals surface area (Å²) in [5, 5.41) is 1.07. The minimum absolute atomic E-state index is 0.216. The molecule has 0 unspecified atom stereocenters. The zero-order chi connectivity index (χ0) is 15.6. The predicted octanol–water partition coefficient (Wildman–Crippen LogP) is 4.43. The number of aromatic nitrogens is 2. The van der Waals surface area contributed by atoms with Crippen molar-refractivity contribution in [3.63, 3.8) is 0 Å². The van der Waals surface area contributed by atoms with E-state index in [4.69, 9.17) is 0 Å². The van der Waals surface area contributed by atoms with E-state index in [1.165, 1.54) is 31.4 Å². The average Bonchev–Trinajstić information content (AvgIpc) is 2.62. The van der Waals surface area contributed by atoms with Gasteiger partial charge in [0.2, 0.25) is 0 Å². The first-order valence-electron chi connectivity index (χ1n) is 8.07. The molecule has 0 amide bonds. The molecule has 0 aliphatic carbocycles. The molecule has 0 N–H and O–H groups in total. The SMILES string of the molecule is Fc1ccc(-c2ccc3ncnc(N4CCCCC4)c3c2)cc1. The molecule has 23 heavy (non-hydrogen) atoms. The second-order valence-corrected chi connectivity index (χ2v) is 5.98. The summed E-state index contributed by atoms with van der Waals surface area (Å²) in [4.78, 5) is 11.3. The van der Waals surface area contributed by atoms with Gasteiger partial charge in [-0.1, -0.05) is 18.2 Å². The molecule has 0 bridgehead atoms. The Balaban J connectivity index is 1.81. The Morgan fingerprint density at radius 2 is 1.57 bits per heavy atom. The molecule has 2 aromatic carbocycles. The van der Waals surface area contributed by atoms with E-state index in [0.29, 0.717) is 0 Å². The number of hydrogen-bond donors (Lipinski definition) is 0. The van der Waals surface area contributed by atoms with Crippen molar-refractivity contribution < 1.29 is 4.39 Å². The molecule has 0 atom stereocenters. The lowest BCUT2D eigenvalue weighted by Gasteiger charge is -2.28. The number of fused-ring (bicyclic) bond motifs is 1. The zero-order valence-electron chi connectivity index (χ0n) is 12.9. The Bertz CT molecular complexity index is 824. The fourth-order valence-corrected chi connectivity index (χ4v) is 3.22. The van der Waals surface area contributed by atoms with E-state index in [1.54, 1.807) is 18.5 Å². The van der Waals surface area contributed by atoms with Gasteiger partial charge in [0.25, 0.3) is 0 Å². The van der Waals surface area contributed by atoms with Crippen LogP contribution in [0.3, 0.4) is 0 Å². The third kappa shape index (κ3) is 2.77. The van der Waals surface area contributed by atoms with Crippen molar-refractivity contribution in [3.05, 3.63) is 54.6 Å². The van der Waals surface area contributed by atoms with Gasteiger partial charge >= 0.3 is 0 Å². The van der Waals surface area contributed by atoms with Crippen molar-refractivity contribution in [2.24, 2.45) is 0 Å². The van der Waals surface area contributed by atoms with Crippen molar-refractivity contribution in [2.75, 3.05) is 18.0 Å². The molecule has 0 saturated carbocycles. The van der Waals surface area contributed by atoms with Crippen LogP contribution in [0, 0.1) is 5.82 Å². The Morgan fingerprint density at radius 1 is 0.826 bits per heavy atom. The van der Waals surface area contributed by atoms with Gasteiger partial charge in [0.05, 0.1) is 5.52 Å². The lowest BCUT2D eigenvalue weighted by atomic mass is 10.0. The Hall–Kier alpha value is -2.49. The summed E-state index contributed by atoms with van der Waals surface area (Å²) < 4.78 is 13.1. The summed E-state index contributed by atoms with van der Waals surface area (Å²) in [6.07, 6.45) is 5.36. The summed E-state index contributed by atoms with van der Waals surface area (Å²) in [5.41, 5.74) is 3.01. The highest BCUT2D eigenvalue weighted by molar-refractivity contribution is 5.92. The summed E-state index contributed by atoms with van der Waals surface area (Å²) in [7, 11) is 0. The summed E-state index contributed by atoms with van der Waals surface area (Å²) >= 11 is 0. The van der Waals surface area contributed by atoms with E-state index < -0.39 is 0 Å². The van der Waals surface area contributed by atoms with Crippen molar-refractivity contribution >= 4 is 16.7 Å². The number of halogens is 1. The van der Waals surface area contributed by atoms with Gasteiger partial charge in [-0.3, -0.25) is 0 Å². The molecule has 3 aromatic rings. The molecule has 0 spiro atoms. The molecule has 1 saturated heterocycles. The van der Waals surface area contributed by atoms with E-state index in [-0.39, 0.29) is 5.82 Å². The van der Waals surface area contributed by atoms with Crippen molar-refractivity contribution in [1.82, 2.24) is 9.97 Å². The average molecular weight is 307 g/mol. The molecule has 4 rings (SSSR count). The van der Waals surface area contributed by atoms with Gasteiger partial charge < -0.3 is 4.90 Å². The maximum atomic E-state index is 13.1. The molecule has 1 aliphatic rings. The van der Waals surface area contributed by atoms with E-state index in [9.17, 15) is 4.39 Å². The first-order chi connectivity index (χ1) is 11.3. The van der Waals surface area contributed by atoms with Crippen LogP contribution in [0.1, 0.15) is 19.3 Å². The van der Waals surface area contributed by atoms with Gasteiger partial charge in [-0.2, -0.15) is 0 Å². The molecule has 4 heteroatoms. The van der Waals surface area contributed by atoms with Gasteiger partial charge in [-0.15, -0.1) is 0 Å². The number of nitrogens with zero attached hydrogens (tertiary/aromatic N) is 3. The largest absolute Gasteiger partial charge is 0.356 e. The lowest BCUT2D eigenvalue weighted by molar-refractivity contribution is 0.574. The van der Waals surface area contributed by atoms with E-state index in [2.05, 4.69) is 20.9 Å². The van der Waals surface area contributed by atoms with Crippen LogP contribution in [0.2, 0.25) is 0 Å². The second kappa shape index (κ2) is 5.95. The van der Waals surface area contributed by atoms with Gasteiger partial charge in [0.15, 0.2) is 0 Å². The molecule has 3 nitrogen and oxygen atoms in total. The minimum Gasteiger partial charge on any atom is -0.356 e.